The molecule has 4 nitrogen and oxygen atoms in total. The van der Waals surface area contributed by atoms with E-state index in [2.05, 4.69) is 41.9 Å². The van der Waals surface area contributed by atoms with Crippen LogP contribution in [0.1, 0.15) is 48.5 Å². The van der Waals surface area contributed by atoms with E-state index in [0.717, 1.165) is 39.6 Å². The predicted octanol–water partition coefficient (Wildman–Crippen LogP) is 7.37. The first-order valence-corrected chi connectivity index (χ1v) is 12.7. The summed E-state index contributed by atoms with van der Waals surface area (Å²) in [6.45, 7) is 3.37. The first kappa shape index (κ1) is 23.7. The fourth-order valence-electron chi connectivity index (χ4n) is 3.67. The highest BCUT2D eigenvalue weighted by Gasteiger charge is 2.09. The Morgan fingerprint density at radius 2 is 1.71 bits per heavy atom. The summed E-state index contributed by atoms with van der Waals surface area (Å²) in [5.74, 6) is 0.708. The Morgan fingerprint density at radius 3 is 2.50 bits per heavy atom. The third-order valence-electron chi connectivity index (χ3n) is 5.58. The molecule has 0 aliphatic heterocycles. The van der Waals surface area contributed by atoms with E-state index in [1.165, 1.54) is 19.3 Å². The second-order valence-corrected chi connectivity index (χ2v) is 9.08. The number of hydrogen-bond acceptors (Lipinski definition) is 4. The van der Waals surface area contributed by atoms with Crippen molar-refractivity contribution in [2.24, 2.45) is 0 Å². The predicted molar refractivity (Wildman–Crippen MR) is 140 cm³/mol. The molecule has 0 saturated heterocycles. The number of nitrogens with one attached hydrogen (secondary N) is 1. The molecule has 0 aliphatic rings. The first-order valence-electron chi connectivity index (χ1n) is 11.8. The monoisotopic (exact) mass is 470 g/mol. The van der Waals surface area contributed by atoms with Crippen molar-refractivity contribution in [3.63, 3.8) is 0 Å². The molecule has 0 spiro atoms. The van der Waals surface area contributed by atoms with E-state index in [-0.39, 0.29) is 5.91 Å². The Morgan fingerprint density at radius 1 is 0.912 bits per heavy atom. The molecule has 4 aromatic rings. The zero-order valence-corrected chi connectivity index (χ0v) is 20.3. The quantitative estimate of drug-likeness (QED) is 0.233. The number of unbranched alkanes of at least 4 members (excludes halogenated alkanes) is 3. The average molecular weight is 471 g/mol. The smallest absolute Gasteiger partial charge is 0.251 e. The van der Waals surface area contributed by atoms with Gasteiger partial charge >= 0.3 is 0 Å². The van der Waals surface area contributed by atoms with Crippen LogP contribution >= 0.6 is 11.3 Å². The SMILES string of the molecule is CCCCCCOc1ccc(C(=O)NCc2cccc(-c3nc(-c4ccccc4)cs3)c2)cc1. The van der Waals surface area contributed by atoms with E-state index >= 15 is 0 Å². The molecule has 34 heavy (non-hydrogen) atoms. The highest BCUT2D eigenvalue weighted by molar-refractivity contribution is 7.13. The van der Waals surface area contributed by atoms with Crippen molar-refractivity contribution in [2.45, 2.75) is 39.2 Å². The molecule has 0 fully saturated rings. The van der Waals surface area contributed by atoms with Crippen molar-refractivity contribution >= 4 is 17.2 Å². The van der Waals surface area contributed by atoms with Gasteiger partial charge in [-0.3, -0.25) is 4.79 Å². The summed E-state index contributed by atoms with van der Waals surface area (Å²) >= 11 is 1.63. The van der Waals surface area contributed by atoms with E-state index in [1.807, 2.05) is 54.6 Å². The summed E-state index contributed by atoms with van der Waals surface area (Å²) in [4.78, 5) is 17.4. The van der Waals surface area contributed by atoms with Gasteiger partial charge in [0.2, 0.25) is 0 Å². The van der Waals surface area contributed by atoms with Crippen LogP contribution in [-0.4, -0.2) is 17.5 Å². The van der Waals surface area contributed by atoms with E-state index < -0.39 is 0 Å². The third kappa shape index (κ3) is 6.55. The van der Waals surface area contributed by atoms with Crippen molar-refractivity contribution < 1.29 is 9.53 Å². The highest BCUT2D eigenvalue weighted by atomic mass is 32.1. The molecule has 3 aromatic carbocycles. The van der Waals surface area contributed by atoms with Gasteiger partial charge in [-0.1, -0.05) is 74.7 Å². The van der Waals surface area contributed by atoms with Crippen LogP contribution in [0, 0.1) is 0 Å². The van der Waals surface area contributed by atoms with Gasteiger partial charge in [0.05, 0.1) is 12.3 Å². The summed E-state index contributed by atoms with van der Waals surface area (Å²) < 4.78 is 5.77. The van der Waals surface area contributed by atoms with Crippen molar-refractivity contribution in [1.82, 2.24) is 10.3 Å². The first-order chi connectivity index (χ1) is 16.7. The van der Waals surface area contributed by atoms with E-state index in [1.54, 1.807) is 11.3 Å². The largest absolute Gasteiger partial charge is 0.494 e. The lowest BCUT2D eigenvalue weighted by molar-refractivity contribution is 0.0951. The lowest BCUT2D eigenvalue weighted by Gasteiger charge is -2.09. The molecule has 4 rings (SSSR count). The maximum atomic E-state index is 12.6. The van der Waals surface area contributed by atoms with Gasteiger partial charge in [0.15, 0.2) is 0 Å². The lowest BCUT2D eigenvalue weighted by atomic mass is 10.1. The number of aromatic nitrogens is 1. The molecule has 0 atom stereocenters. The minimum Gasteiger partial charge on any atom is -0.494 e. The Balaban J connectivity index is 1.31. The van der Waals surface area contributed by atoms with Crippen LogP contribution in [-0.2, 0) is 6.54 Å². The fourth-order valence-corrected chi connectivity index (χ4v) is 4.49. The average Bonchev–Trinajstić information content (AvgIpc) is 3.39. The minimum atomic E-state index is -0.0967. The minimum absolute atomic E-state index is 0.0967. The number of ether oxygens (including phenoxy) is 1. The summed E-state index contributed by atoms with van der Waals surface area (Å²) in [5.41, 5.74) is 4.81. The molecule has 0 saturated carbocycles. The maximum absolute atomic E-state index is 12.6. The Hall–Kier alpha value is -3.44. The van der Waals surface area contributed by atoms with Gasteiger partial charge in [0, 0.05) is 28.6 Å². The standard InChI is InChI=1S/C29H30N2O2S/c1-2-3-4-8-18-33-26-16-14-24(15-17-26)28(32)30-20-22-10-9-13-25(19-22)29-31-27(21-34-29)23-11-6-5-7-12-23/h5-7,9-17,19,21H,2-4,8,18,20H2,1H3,(H,30,32). The van der Waals surface area contributed by atoms with Gasteiger partial charge in [-0.25, -0.2) is 4.98 Å². The number of benzene rings is 3. The number of hydrogen-bond donors (Lipinski definition) is 1. The van der Waals surface area contributed by atoms with E-state index in [9.17, 15) is 4.79 Å². The molecule has 1 aromatic heterocycles. The highest BCUT2D eigenvalue weighted by Crippen LogP contribution is 2.29. The maximum Gasteiger partial charge on any atom is 0.251 e. The van der Waals surface area contributed by atoms with Gasteiger partial charge in [0.1, 0.15) is 10.8 Å². The van der Waals surface area contributed by atoms with Crippen LogP contribution in [0.15, 0.2) is 84.2 Å². The van der Waals surface area contributed by atoms with Crippen LogP contribution < -0.4 is 10.1 Å². The molecule has 0 aliphatic carbocycles. The van der Waals surface area contributed by atoms with Gasteiger partial charge in [-0.15, -0.1) is 11.3 Å². The summed E-state index contributed by atoms with van der Waals surface area (Å²) in [7, 11) is 0. The lowest BCUT2D eigenvalue weighted by Crippen LogP contribution is -2.22. The molecule has 0 bridgehead atoms. The third-order valence-corrected chi connectivity index (χ3v) is 6.48. The molecular weight excluding hydrogens is 440 g/mol. The molecule has 1 heterocycles. The number of amides is 1. The molecule has 5 heteroatoms. The molecule has 174 valence electrons. The summed E-state index contributed by atoms with van der Waals surface area (Å²) in [6.07, 6.45) is 4.71. The van der Waals surface area contributed by atoms with E-state index in [4.69, 9.17) is 9.72 Å². The molecule has 1 amide bonds. The zero-order valence-electron chi connectivity index (χ0n) is 19.5. The molecule has 0 unspecified atom stereocenters. The van der Waals surface area contributed by atoms with Crippen molar-refractivity contribution in [3.05, 3.63) is 95.4 Å². The normalized spacial score (nSPS) is 10.7. The number of carbonyl (C=O) groups excluding carboxylic acids is 1. The number of nitrogens with zero attached hydrogens (tertiary/aromatic N) is 1. The Kier molecular flexibility index (Phi) is 8.47. The summed E-state index contributed by atoms with van der Waals surface area (Å²) in [6, 6.07) is 25.7. The van der Waals surface area contributed by atoms with Crippen molar-refractivity contribution in [3.8, 4) is 27.6 Å². The van der Waals surface area contributed by atoms with Crippen LogP contribution in [0.2, 0.25) is 0 Å². The zero-order chi connectivity index (χ0) is 23.6. The second-order valence-electron chi connectivity index (χ2n) is 8.22. The van der Waals surface area contributed by atoms with Crippen LogP contribution in [0.25, 0.3) is 21.8 Å². The Bertz CT molecular complexity index is 1190. The molecular formula is C29H30N2O2S. The fraction of sp³-hybridized carbons (Fsp3) is 0.241. The van der Waals surface area contributed by atoms with Crippen LogP contribution in [0.5, 0.6) is 5.75 Å². The van der Waals surface area contributed by atoms with Crippen molar-refractivity contribution in [1.29, 1.82) is 0 Å². The topological polar surface area (TPSA) is 51.2 Å². The van der Waals surface area contributed by atoms with Crippen molar-refractivity contribution in [2.75, 3.05) is 6.61 Å². The summed E-state index contributed by atoms with van der Waals surface area (Å²) in [5, 5.41) is 6.06. The van der Waals surface area contributed by atoms with E-state index in [0.29, 0.717) is 18.7 Å². The van der Waals surface area contributed by atoms with Gasteiger partial charge in [0.25, 0.3) is 5.91 Å². The van der Waals surface area contributed by atoms with Crippen LogP contribution in [0.3, 0.4) is 0 Å². The number of carbonyl (C=O) groups is 1. The van der Waals surface area contributed by atoms with Crippen LogP contribution in [0.4, 0.5) is 0 Å². The Labute approximate surface area is 205 Å². The molecule has 1 N–H and O–H groups in total. The number of rotatable bonds is 11. The molecule has 0 radical (unpaired) electrons. The van der Waals surface area contributed by atoms with Gasteiger partial charge < -0.3 is 10.1 Å². The van der Waals surface area contributed by atoms with Gasteiger partial charge in [-0.05, 0) is 42.3 Å². The second kappa shape index (κ2) is 12.1. The number of thiazole rings is 1. The van der Waals surface area contributed by atoms with Gasteiger partial charge in [-0.2, -0.15) is 0 Å².